The van der Waals surface area contributed by atoms with Crippen molar-refractivity contribution in [1.82, 2.24) is 5.32 Å². The number of aliphatic hydroxyl groups excluding tert-OH is 1. The van der Waals surface area contributed by atoms with Gasteiger partial charge in [0, 0.05) is 11.1 Å². The molecule has 18 heavy (non-hydrogen) atoms. The second kappa shape index (κ2) is 7.19. The van der Waals surface area contributed by atoms with Crippen molar-refractivity contribution < 1.29 is 9.90 Å². The van der Waals surface area contributed by atoms with Crippen molar-refractivity contribution in [3.63, 3.8) is 0 Å². The molecular formula is C14H18ClNO2. The number of carbonyl (C=O) groups is 1. The van der Waals surface area contributed by atoms with E-state index in [0.29, 0.717) is 5.02 Å². The molecule has 1 atom stereocenters. The fraction of sp³-hybridized carbons (Fsp3) is 0.357. The first kappa shape index (κ1) is 14.7. The van der Waals surface area contributed by atoms with Crippen molar-refractivity contribution in [2.75, 3.05) is 6.61 Å². The van der Waals surface area contributed by atoms with Crippen LogP contribution in [0.15, 0.2) is 30.3 Å². The Morgan fingerprint density at radius 3 is 2.78 bits per heavy atom. The average Bonchev–Trinajstić information content (AvgIpc) is 2.33. The van der Waals surface area contributed by atoms with Crippen molar-refractivity contribution >= 4 is 23.6 Å². The zero-order valence-corrected chi connectivity index (χ0v) is 11.3. The van der Waals surface area contributed by atoms with Gasteiger partial charge in [-0.25, -0.2) is 0 Å². The number of amides is 1. The Morgan fingerprint density at radius 2 is 2.22 bits per heavy atom. The van der Waals surface area contributed by atoms with E-state index in [-0.39, 0.29) is 24.5 Å². The number of hydrogen-bond donors (Lipinski definition) is 2. The summed E-state index contributed by atoms with van der Waals surface area (Å²) in [5.74, 6) is -0.0266. The van der Waals surface area contributed by atoms with E-state index in [2.05, 4.69) is 5.32 Å². The van der Waals surface area contributed by atoms with Crippen LogP contribution in [-0.4, -0.2) is 23.7 Å². The lowest BCUT2D eigenvalue weighted by Crippen LogP contribution is -2.40. The summed E-state index contributed by atoms with van der Waals surface area (Å²) in [5, 5.41) is 12.5. The highest BCUT2D eigenvalue weighted by molar-refractivity contribution is 6.30. The maximum absolute atomic E-state index is 11.6. The minimum atomic E-state index is -0.221. The molecule has 0 heterocycles. The molecule has 4 heteroatoms. The van der Waals surface area contributed by atoms with Crippen molar-refractivity contribution in [2.45, 2.75) is 19.9 Å². The second-order valence-corrected chi connectivity index (χ2v) is 4.87. The predicted octanol–water partition coefficient (Wildman–Crippen LogP) is 2.49. The number of carbonyl (C=O) groups excluding carboxylic acids is 1. The van der Waals surface area contributed by atoms with Gasteiger partial charge in [0.05, 0.1) is 12.6 Å². The highest BCUT2D eigenvalue weighted by atomic mass is 35.5. The summed E-state index contributed by atoms with van der Waals surface area (Å²) in [6.45, 7) is 3.83. The first-order valence-corrected chi connectivity index (χ1v) is 6.25. The van der Waals surface area contributed by atoms with Crippen LogP contribution in [0.5, 0.6) is 0 Å². The zero-order chi connectivity index (χ0) is 13.5. The lowest BCUT2D eigenvalue weighted by atomic mass is 10.1. The van der Waals surface area contributed by atoms with Crippen molar-refractivity contribution in [3.8, 4) is 0 Å². The van der Waals surface area contributed by atoms with E-state index in [1.165, 1.54) is 6.08 Å². The van der Waals surface area contributed by atoms with Gasteiger partial charge in [0.25, 0.3) is 0 Å². The molecule has 0 unspecified atom stereocenters. The Kier molecular flexibility index (Phi) is 5.89. The summed E-state index contributed by atoms with van der Waals surface area (Å²) < 4.78 is 0. The van der Waals surface area contributed by atoms with E-state index < -0.39 is 0 Å². The van der Waals surface area contributed by atoms with Gasteiger partial charge in [0.1, 0.15) is 0 Å². The van der Waals surface area contributed by atoms with Crippen molar-refractivity contribution in [3.05, 3.63) is 40.9 Å². The second-order valence-electron chi connectivity index (χ2n) is 4.43. The van der Waals surface area contributed by atoms with Crippen LogP contribution in [0.3, 0.4) is 0 Å². The highest BCUT2D eigenvalue weighted by Crippen LogP contribution is 2.11. The van der Waals surface area contributed by atoms with Gasteiger partial charge in [0.15, 0.2) is 0 Å². The van der Waals surface area contributed by atoms with E-state index in [9.17, 15) is 4.79 Å². The Morgan fingerprint density at radius 1 is 1.50 bits per heavy atom. The number of rotatable bonds is 5. The molecule has 1 aromatic carbocycles. The molecule has 0 radical (unpaired) electrons. The lowest BCUT2D eigenvalue weighted by molar-refractivity contribution is -0.117. The molecule has 1 rings (SSSR count). The van der Waals surface area contributed by atoms with Gasteiger partial charge in [-0.05, 0) is 29.7 Å². The van der Waals surface area contributed by atoms with Crippen molar-refractivity contribution in [2.24, 2.45) is 5.92 Å². The van der Waals surface area contributed by atoms with Crippen LogP contribution in [0.4, 0.5) is 0 Å². The summed E-state index contributed by atoms with van der Waals surface area (Å²) in [6, 6.07) is 7.02. The summed E-state index contributed by atoms with van der Waals surface area (Å²) in [7, 11) is 0. The molecule has 0 fully saturated rings. The van der Waals surface area contributed by atoms with E-state index in [1.807, 2.05) is 26.0 Å². The third kappa shape index (κ3) is 4.90. The Hall–Kier alpha value is -1.32. The molecule has 0 aliphatic rings. The number of benzene rings is 1. The van der Waals surface area contributed by atoms with Crippen LogP contribution in [0.25, 0.3) is 6.08 Å². The van der Waals surface area contributed by atoms with Crippen LogP contribution < -0.4 is 5.32 Å². The SMILES string of the molecule is CC(C)[C@@H](CO)NC(=O)C=Cc1cccc(Cl)c1. The molecular weight excluding hydrogens is 250 g/mol. The summed E-state index contributed by atoms with van der Waals surface area (Å²) in [6.07, 6.45) is 3.13. The fourth-order valence-electron chi connectivity index (χ4n) is 1.44. The molecule has 0 spiro atoms. The third-order valence-electron chi connectivity index (χ3n) is 2.60. The van der Waals surface area contributed by atoms with E-state index in [4.69, 9.17) is 16.7 Å². The highest BCUT2D eigenvalue weighted by Gasteiger charge is 2.13. The lowest BCUT2D eigenvalue weighted by Gasteiger charge is -2.18. The van der Waals surface area contributed by atoms with Gasteiger partial charge in [-0.3, -0.25) is 4.79 Å². The molecule has 0 bridgehead atoms. The van der Waals surface area contributed by atoms with Gasteiger partial charge < -0.3 is 10.4 Å². The smallest absolute Gasteiger partial charge is 0.244 e. The largest absolute Gasteiger partial charge is 0.394 e. The van der Waals surface area contributed by atoms with Crippen molar-refractivity contribution in [1.29, 1.82) is 0 Å². The monoisotopic (exact) mass is 267 g/mol. The van der Waals surface area contributed by atoms with Gasteiger partial charge in [0.2, 0.25) is 5.91 Å². The van der Waals surface area contributed by atoms with Crippen LogP contribution in [-0.2, 0) is 4.79 Å². The summed E-state index contributed by atoms with van der Waals surface area (Å²) >= 11 is 5.84. The van der Waals surface area contributed by atoms with E-state index >= 15 is 0 Å². The Labute approximate surface area is 112 Å². The zero-order valence-electron chi connectivity index (χ0n) is 10.6. The average molecular weight is 268 g/mol. The number of nitrogens with one attached hydrogen (secondary N) is 1. The number of halogens is 1. The number of hydrogen-bond acceptors (Lipinski definition) is 2. The quantitative estimate of drug-likeness (QED) is 0.806. The minimum absolute atomic E-state index is 0.0611. The molecule has 0 aliphatic carbocycles. The Balaban J connectivity index is 2.59. The normalized spacial score (nSPS) is 12.9. The molecule has 0 saturated heterocycles. The molecule has 1 aromatic rings. The van der Waals surface area contributed by atoms with Crippen LogP contribution in [0, 0.1) is 5.92 Å². The van der Waals surface area contributed by atoms with Crippen LogP contribution in [0.1, 0.15) is 19.4 Å². The van der Waals surface area contributed by atoms with Crippen LogP contribution in [0.2, 0.25) is 5.02 Å². The standard InChI is InChI=1S/C14H18ClNO2/c1-10(2)13(9-17)16-14(18)7-6-11-4-3-5-12(15)8-11/h3-8,10,13,17H,9H2,1-2H3,(H,16,18)/t13-/m1/s1. The van der Waals surface area contributed by atoms with Gasteiger partial charge in [-0.1, -0.05) is 37.6 Å². The molecule has 2 N–H and O–H groups in total. The van der Waals surface area contributed by atoms with Crippen LogP contribution >= 0.6 is 11.6 Å². The first-order chi connectivity index (χ1) is 8.52. The Bertz CT molecular complexity index is 430. The molecule has 98 valence electrons. The fourth-order valence-corrected chi connectivity index (χ4v) is 1.63. The summed E-state index contributed by atoms with van der Waals surface area (Å²) in [4.78, 5) is 11.6. The molecule has 3 nitrogen and oxygen atoms in total. The van der Waals surface area contributed by atoms with E-state index in [0.717, 1.165) is 5.56 Å². The predicted molar refractivity (Wildman–Crippen MR) is 74.3 cm³/mol. The molecule has 0 aromatic heterocycles. The van der Waals surface area contributed by atoms with E-state index in [1.54, 1.807) is 18.2 Å². The molecule has 0 aliphatic heterocycles. The first-order valence-electron chi connectivity index (χ1n) is 5.88. The maximum atomic E-state index is 11.6. The summed E-state index contributed by atoms with van der Waals surface area (Å²) in [5.41, 5.74) is 0.864. The van der Waals surface area contributed by atoms with Gasteiger partial charge in [-0.15, -0.1) is 0 Å². The minimum Gasteiger partial charge on any atom is -0.394 e. The van der Waals surface area contributed by atoms with Gasteiger partial charge >= 0.3 is 0 Å². The third-order valence-corrected chi connectivity index (χ3v) is 2.84. The molecule has 0 saturated carbocycles. The topological polar surface area (TPSA) is 49.3 Å². The number of aliphatic hydroxyl groups is 1. The maximum Gasteiger partial charge on any atom is 0.244 e. The molecule has 1 amide bonds. The van der Waals surface area contributed by atoms with Gasteiger partial charge in [-0.2, -0.15) is 0 Å².